The lowest BCUT2D eigenvalue weighted by atomic mass is 9.86. The lowest BCUT2D eigenvalue weighted by Crippen LogP contribution is -2.24. The normalized spacial score (nSPS) is 12.8. The summed E-state index contributed by atoms with van der Waals surface area (Å²) < 4.78 is 11.6. The van der Waals surface area contributed by atoms with Gasteiger partial charge in [0.1, 0.15) is 24.0 Å². The van der Waals surface area contributed by atoms with Crippen molar-refractivity contribution in [3.05, 3.63) is 212 Å². The summed E-state index contributed by atoms with van der Waals surface area (Å²) in [5.41, 5.74) is 13.5. The van der Waals surface area contributed by atoms with Crippen molar-refractivity contribution in [3.8, 4) is 34.1 Å². The Balaban J connectivity index is 0.986. The van der Waals surface area contributed by atoms with Gasteiger partial charge in [0.25, 0.3) is 0 Å². The van der Waals surface area contributed by atoms with E-state index in [9.17, 15) is 0 Å². The highest BCUT2D eigenvalue weighted by Crippen LogP contribution is 2.48. The molecule has 11 aromatic rings. The van der Waals surface area contributed by atoms with Gasteiger partial charge >= 0.3 is 0 Å². The molecular weight excluding hydrogens is 783 g/mol. The highest BCUT2D eigenvalue weighted by atomic mass is 16.5. The first kappa shape index (κ1) is 37.7. The van der Waals surface area contributed by atoms with Gasteiger partial charge in [0.2, 0.25) is 0 Å². The third kappa shape index (κ3) is 6.29. The average Bonchev–Trinajstić information content (AvgIpc) is 3.99. The maximum Gasteiger partial charge on any atom is 0.139 e. The quantitative estimate of drug-likeness (QED) is 0.160. The largest absolute Gasteiger partial charge is 0.457 e. The van der Waals surface area contributed by atoms with Gasteiger partial charge in [0, 0.05) is 63.0 Å². The van der Waals surface area contributed by atoms with Crippen molar-refractivity contribution in [1.82, 2.24) is 14.1 Å². The standard InChI is InChI=1S/C58H45N5O/c1-58(2,3)41-32-44(61-38-60(42-19-9-5-10-20-42)53-30-27-40(31-56(53)61)39-17-7-4-8-18-39)34-46(33-41)64-45-28-29-49-47-23-13-16-26-52(47)63(54(49)35-45)57-36-55-50(37-59-57)48-24-14-15-25-51(48)62(55)43-21-11-6-12-22-43/h4-37H,38H2,1-3H3. The maximum atomic E-state index is 7.01. The minimum Gasteiger partial charge on any atom is -0.457 e. The Hall–Kier alpha value is -8.09. The molecule has 3 aromatic heterocycles. The minimum absolute atomic E-state index is 0.134. The van der Waals surface area contributed by atoms with E-state index in [2.05, 4.69) is 240 Å². The van der Waals surface area contributed by atoms with Gasteiger partial charge < -0.3 is 19.1 Å². The van der Waals surface area contributed by atoms with Crippen LogP contribution < -0.4 is 14.5 Å². The van der Waals surface area contributed by atoms with Gasteiger partial charge in [-0.1, -0.05) is 130 Å². The van der Waals surface area contributed by atoms with Crippen LogP contribution in [0, 0.1) is 0 Å². The molecule has 4 heterocycles. The van der Waals surface area contributed by atoms with Crippen molar-refractivity contribution in [2.24, 2.45) is 0 Å². The molecule has 64 heavy (non-hydrogen) atoms. The number of benzene rings is 8. The molecule has 0 radical (unpaired) electrons. The van der Waals surface area contributed by atoms with Crippen LogP contribution in [0.25, 0.3) is 66.2 Å². The molecule has 0 bridgehead atoms. The maximum absolute atomic E-state index is 7.01. The second-order valence-corrected chi connectivity index (χ2v) is 17.7. The number of nitrogens with zero attached hydrogens (tertiary/aromatic N) is 5. The summed E-state index contributed by atoms with van der Waals surface area (Å²) in [6, 6.07) is 71.3. The Kier molecular flexibility index (Phi) is 8.70. The molecular formula is C58H45N5O. The predicted octanol–water partition coefficient (Wildman–Crippen LogP) is 15.3. The van der Waals surface area contributed by atoms with E-state index in [1.54, 1.807) is 0 Å². The fourth-order valence-corrected chi connectivity index (χ4v) is 9.58. The Morgan fingerprint density at radius 3 is 1.77 bits per heavy atom. The molecule has 0 saturated carbocycles. The molecule has 308 valence electrons. The second-order valence-electron chi connectivity index (χ2n) is 17.7. The van der Waals surface area contributed by atoms with E-state index in [0.29, 0.717) is 6.67 Å². The van der Waals surface area contributed by atoms with Crippen molar-refractivity contribution < 1.29 is 4.74 Å². The number of hydrogen-bond donors (Lipinski definition) is 0. The van der Waals surface area contributed by atoms with Gasteiger partial charge in [-0.05, 0) is 94.9 Å². The minimum atomic E-state index is -0.134. The summed E-state index contributed by atoms with van der Waals surface area (Å²) in [7, 11) is 0. The average molecular weight is 828 g/mol. The van der Waals surface area contributed by atoms with Crippen molar-refractivity contribution in [1.29, 1.82) is 0 Å². The fourth-order valence-electron chi connectivity index (χ4n) is 9.58. The molecule has 1 aliphatic rings. The summed E-state index contributed by atoms with van der Waals surface area (Å²) in [5, 5.41) is 4.60. The van der Waals surface area contributed by atoms with Crippen LogP contribution in [0.4, 0.5) is 22.7 Å². The van der Waals surface area contributed by atoms with E-state index in [4.69, 9.17) is 9.72 Å². The molecule has 8 aromatic carbocycles. The van der Waals surface area contributed by atoms with E-state index in [1.807, 2.05) is 6.20 Å². The molecule has 0 saturated heterocycles. The Morgan fingerprint density at radius 2 is 1.03 bits per heavy atom. The monoisotopic (exact) mass is 827 g/mol. The molecule has 0 amide bonds. The first-order chi connectivity index (χ1) is 31.4. The van der Waals surface area contributed by atoms with Crippen molar-refractivity contribution in [2.45, 2.75) is 26.2 Å². The Labute approximate surface area is 372 Å². The van der Waals surface area contributed by atoms with Gasteiger partial charge in [-0.15, -0.1) is 0 Å². The second kappa shape index (κ2) is 14.8. The van der Waals surface area contributed by atoms with Gasteiger partial charge in [-0.25, -0.2) is 4.98 Å². The summed E-state index contributed by atoms with van der Waals surface area (Å²) >= 11 is 0. The van der Waals surface area contributed by atoms with Crippen LogP contribution in [0.3, 0.4) is 0 Å². The van der Waals surface area contributed by atoms with Crippen LogP contribution in [0.5, 0.6) is 11.5 Å². The van der Waals surface area contributed by atoms with E-state index in [0.717, 1.165) is 78.3 Å². The SMILES string of the molecule is CC(C)(C)c1cc(Oc2ccc3c4ccccc4n(-c4cc5c(cn4)c4ccccc4n5-c4ccccc4)c3c2)cc(N2CN(c3ccccc3)c3ccc(-c4ccccc4)cc32)c1. The third-order valence-electron chi connectivity index (χ3n) is 12.8. The number of pyridine rings is 1. The van der Waals surface area contributed by atoms with E-state index in [-0.39, 0.29) is 5.41 Å². The summed E-state index contributed by atoms with van der Waals surface area (Å²) in [6.07, 6.45) is 2.03. The topological polar surface area (TPSA) is 38.5 Å². The van der Waals surface area contributed by atoms with Crippen molar-refractivity contribution in [3.63, 3.8) is 0 Å². The zero-order valence-corrected chi connectivity index (χ0v) is 36.0. The van der Waals surface area contributed by atoms with Crippen LogP contribution in [0.2, 0.25) is 0 Å². The molecule has 0 spiro atoms. The van der Waals surface area contributed by atoms with Crippen LogP contribution >= 0.6 is 0 Å². The van der Waals surface area contributed by atoms with Gasteiger partial charge in [-0.2, -0.15) is 0 Å². The fraction of sp³-hybridized carbons (Fsp3) is 0.0862. The highest BCUT2D eigenvalue weighted by Gasteiger charge is 2.30. The lowest BCUT2D eigenvalue weighted by Gasteiger charge is -2.26. The molecule has 12 rings (SSSR count). The number of aromatic nitrogens is 3. The number of fused-ring (bicyclic) bond motifs is 7. The van der Waals surface area contributed by atoms with Crippen molar-refractivity contribution >= 4 is 66.4 Å². The molecule has 0 atom stereocenters. The number of rotatable bonds is 7. The summed E-state index contributed by atoms with van der Waals surface area (Å²) in [4.78, 5) is 10.0. The molecule has 0 aliphatic carbocycles. The molecule has 0 N–H and O–H groups in total. The summed E-state index contributed by atoms with van der Waals surface area (Å²) in [5.74, 6) is 2.39. The molecule has 6 heteroatoms. The number of ether oxygens (including phenoxy) is 1. The van der Waals surface area contributed by atoms with Crippen LogP contribution in [-0.4, -0.2) is 20.8 Å². The first-order valence-electron chi connectivity index (χ1n) is 22.0. The van der Waals surface area contributed by atoms with Gasteiger partial charge in [0.15, 0.2) is 0 Å². The molecule has 6 nitrogen and oxygen atoms in total. The number of hydrogen-bond acceptors (Lipinski definition) is 4. The first-order valence-corrected chi connectivity index (χ1v) is 22.0. The molecule has 0 fully saturated rings. The Bertz CT molecular complexity index is 3550. The number of anilines is 4. The van der Waals surface area contributed by atoms with Gasteiger partial charge in [0.05, 0.1) is 33.4 Å². The molecule has 1 aliphatic heterocycles. The van der Waals surface area contributed by atoms with Crippen LogP contribution in [-0.2, 0) is 5.41 Å². The van der Waals surface area contributed by atoms with E-state index < -0.39 is 0 Å². The Morgan fingerprint density at radius 1 is 0.422 bits per heavy atom. The predicted molar refractivity (Wildman–Crippen MR) is 266 cm³/mol. The van der Waals surface area contributed by atoms with E-state index >= 15 is 0 Å². The molecule has 0 unspecified atom stereocenters. The lowest BCUT2D eigenvalue weighted by molar-refractivity contribution is 0.479. The zero-order valence-electron chi connectivity index (χ0n) is 36.0. The third-order valence-corrected chi connectivity index (χ3v) is 12.8. The smallest absolute Gasteiger partial charge is 0.139 e. The van der Waals surface area contributed by atoms with E-state index in [1.165, 1.54) is 27.8 Å². The van der Waals surface area contributed by atoms with Crippen molar-refractivity contribution in [2.75, 3.05) is 16.5 Å². The number of para-hydroxylation sites is 4. The van der Waals surface area contributed by atoms with Crippen LogP contribution in [0.1, 0.15) is 26.3 Å². The highest BCUT2D eigenvalue weighted by molar-refractivity contribution is 6.11. The zero-order chi connectivity index (χ0) is 42.9. The van der Waals surface area contributed by atoms with Crippen LogP contribution in [0.15, 0.2) is 206 Å². The summed E-state index contributed by atoms with van der Waals surface area (Å²) in [6.45, 7) is 7.46. The van der Waals surface area contributed by atoms with Gasteiger partial charge in [-0.3, -0.25) is 4.57 Å².